The smallest absolute Gasteiger partial charge is 0.248 e. The fourth-order valence-corrected chi connectivity index (χ4v) is 5.58. The lowest BCUT2D eigenvalue weighted by Gasteiger charge is -2.33. The Morgan fingerprint density at radius 2 is 2.19 bits per heavy atom. The molecule has 6 nitrogen and oxygen atoms in total. The summed E-state index contributed by atoms with van der Waals surface area (Å²) in [5.41, 5.74) is 5.26. The number of nitrogens with one attached hydrogen (secondary N) is 1. The highest BCUT2D eigenvalue weighted by atomic mass is 35.5. The number of rotatable bonds is 2. The Kier molecular flexibility index (Phi) is 4.93. The first-order valence-corrected chi connectivity index (χ1v) is 11.0. The Morgan fingerprint density at radius 3 is 2.97 bits per heavy atom. The SMILES string of the molecule is N#Cc1cc(-c2cc(Cl)c(Cl)c3[nH]c4c(c23)CC2(CC4)CCN(C(=O)CO)C2)ccn1. The van der Waals surface area contributed by atoms with Gasteiger partial charge in [0, 0.05) is 30.4 Å². The van der Waals surface area contributed by atoms with Crippen molar-refractivity contribution in [3.8, 4) is 17.2 Å². The van der Waals surface area contributed by atoms with Gasteiger partial charge < -0.3 is 15.0 Å². The normalized spacial score (nSPS) is 20.3. The average Bonchev–Trinajstić information content (AvgIpc) is 3.38. The quantitative estimate of drug-likeness (QED) is 0.609. The number of aryl methyl sites for hydroxylation is 1. The van der Waals surface area contributed by atoms with E-state index in [1.165, 1.54) is 5.56 Å². The van der Waals surface area contributed by atoms with E-state index in [-0.39, 0.29) is 11.3 Å². The second-order valence-electron chi connectivity index (χ2n) is 8.49. The fourth-order valence-electron chi connectivity index (χ4n) is 5.18. The topological polar surface area (TPSA) is 93.0 Å². The second kappa shape index (κ2) is 7.52. The van der Waals surface area contributed by atoms with Crippen LogP contribution in [0.2, 0.25) is 10.0 Å². The number of amides is 1. The Balaban J connectivity index is 1.65. The van der Waals surface area contributed by atoms with E-state index in [4.69, 9.17) is 23.2 Å². The monoisotopic (exact) mass is 454 g/mol. The van der Waals surface area contributed by atoms with Gasteiger partial charge in [-0.25, -0.2) is 4.98 Å². The van der Waals surface area contributed by atoms with Crippen molar-refractivity contribution in [2.75, 3.05) is 19.7 Å². The number of pyridine rings is 1. The summed E-state index contributed by atoms with van der Waals surface area (Å²) in [6, 6.07) is 7.58. The Morgan fingerprint density at radius 1 is 1.35 bits per heavy atom. The molecule has 0 saturated carbocycles. The van der Waals surface area contributed by atoms with Crippen LogP contribution in [0.25, 0.3) is 22.0 Å². The first-order chi connectivity index (χ1) is 14.9. The Hall–Kier alpha value is -2.59. The minimum Gasteiger partial charge on any atom is -0.387 e. The molecule has 0 radical (unpaired) electrons. The van der Waals surface area contributed by atoms with Crippen molar-refractivity contribution >= 4 is 40.0 Å². The summed E-state index contributed by atoms with van der Waals surface area (Å²) in [4.78, 5) is 21.4. The molecule has 8 heteroatoms. The Bertz CT molecular complexity index is 1260. The molecular formula is C23H20Cl2N4O2. The van der Waals surface area contributed by atoms with Crippen molar-refractivity contribution < 1.29 is 9.90 Å². The number of H-pyrrole nitrogens is 1. The first-order valence-electron chi connectivity index (χ1n) is 10.2. The minimum absolute atomic E-state index is 0.00755. The van der Waals surface area contributed by atoms with Crippen LogP contribution in [0.5, 0.6) is 0 Å². The molecule has 158 valence electrons. The third-order valence-electron chi connectivity index (χ3n) is 6.73. The fraction of sp³-hybridized carbons (Fsp3) is 0.348. The lowest BCUT2D eigenvalue weighted by molar-refractivity contribution is -0.133. The van der Waals surface area contributed by atoms with Gasteiger partial charge >= 0.3 is 0 Å². The Labute approximate surface area is 189 Å². The molecule has 3 heterocycles. The summed E-state index contributed by atoms with van der Waals surface area (Å²) in [5.74, 6) is -0.210. The molecule has 1 atom stereocenters. The van der Waals surface area contributed by atoms with Crippen molar-refractivity contribution in [3.05, 3.63) is 51.4 Å². The van der Waals surface area contributed by atoms with Gasteiger partial charge in [0.25, 0.3) is 0 Å². The molecule has 1 aliphatic heterocycles. The van der Waals surface area contributed by atoms with Crippen LogP contribution in [0.4, 0.5) is 0 Å². The maximum Gasteiger partial charge on any atom is 0.248 e. The highest BCUT2D eigenvalue weighted by Crippen LogP contribution is 2.48. The molecule has 31 heavy (non-hydrogen) atoms. The van der Waals surface area contributed by atoms with Crippen LogP contribution in [0.3, 0.4) is 0 Å². The number of nitriles is 1. The molecule has 1 fully saturated rings. The first kappa shape index (κ1) is 20.3. The molecule has 2 N–H and O–H groups in total. The standard InChI is InChI=1S/C23H20Cl2N4O2/c24-17-8-15(13-2-5-27-14(7-13)10-26)20-16-9-23(4-6-29(12-23)19(31)11-30)3-1-18(16)28-22(20)21(17)25/h2,5,7-8,28,30H,1,3-4,6,9,11-12H2. The van der Waals surface area contributed by atoms with Crippen LogP contribution < -0.4 is 0 Å². The van der Waals surface area contributed by atoms with Crippen LogP contribution in [0.1, 0.15) is 29.8 Å². The van der Waals surface area contributed by atoms with Crippen LogP contribution in [0, 0.1) is 16.7 Å². The van der Waals surface area contributed by atoms with Gasteiger partial charge in [-0.2, -0.15) is 5.26 Å². The van der Waals surface area contributed by atoms with E-state index in [9.17, 15) is 15.2 Å². The van der Waals surface area contributed by atoms with Crippen molar-refractivity contribution in [1.82, 2.24) is 14.9 Å². The number of halogens is 2. The van der Waals surface area contributed by atoms with E-state index >= 15 is 0 Å². The van der Waals surface area contributed by atoms with Gasteiger partial charge in [0.15, 0.2) is 0 Å². The zero-order valence-corrected chi connectivity index (χ0v) is 18.2. The van der Waals surface area contributed by atoms with E-state index in [1.807, 2.05) is 12.1 Å². The predicted molar refractivity (Wildman–Crippen MR) is 119 cm³/mol. The summed E-state index contributed by atoms with van der Waals surface area (Å²) < 4.78 is 0. The number of hydrogen-bond donors (Lipinski definition) is 2. The molecule has 3 aromatic rings. The number of aromatic nitrogens is 2. The van der Waals surface area contributed by atoms with E-state index in [0.717, 1.165) is 53.4 Å². The van der Waals surface area contributed by atoms with Crippen molar-refractivity contribution in [3.63, 3.8) is 0 Å². The minimum atomic E-state index is -0.448. The van der Waals surface area contributed by atoms with E-state index in [1.54, 1.807) is 17.2 Å². The van der Waals surface area contributed by atoms with Gasteiger partial charge in [-0.1, -0.05) is 23.2 Å². The molecule has 2 aliphatic rings. The van der Waals surface area contributed by atoms with Gasteiger partial charge in [0.05, 0.1) is 15.6 Å². The summed E-state index contributed by atoms with van der Waals surface area (Å²) in [7, 11) is 0. The van der Waals surface area contributed by atoms with Crippen LogP contribution in [-0.2, 0) is 17.6 Å². The third-order valence-corrected chi connectivity index (χ3v) is 7.52. The van der Waals surface area contributed by atoms with Gasteiger partial charge in [-0.3, -0.25) is 4.79 Å². The van der Waals surface area contributed by atoms with E-state index in [0.29, 0.717) is 28.8 Å². The largest absolute Gasteiger partial charge is 0.387 e. The molecule has 1 amide bonds. The van der Waals surface area contributed by atoms with E-state index in [2.05, 4.69) is 16.0 Å². The summed E-state index contributed by atoms with van der Waals surface area (Å²) in [6.45, 7) is 0.880. The van der Waals surface area contributed by atoms with E-state index < -0.39 is 6.61 Å². The van der Waals surface area contributed by atoms with Gasteiger partial charge in [0.2, 0.25) is 5.91 Å². The number of aromatic amines is 1. The summed E-state index contributed by atoms with van der Waals surface area (Å²) >= 11 is 13.1. The van der Waals surface area contributed by atoms with Crippen molar-refractivity contribution in [2.24, 2.45) is 5.41 Å². The highest BCUT2D eigenvalue weighted by Gasteiger charge is 2.43. The number of aliphatic hydroxyl groups is 1. The maximum atomic E-state index is 12.0. The van der Waals surface area contributed by atoms with Crippen LogP contribution in [-0.4, -0.2) is 45.6 Å². The lowest BCUT2D eigenvalue weighted by atomic mass is 9.72. The second-order valence-corrected chi connectivity index (χ2v) is 9.28. The van der Waals surface area contributed by atoms with Crippen LogP contribution in [0.15, 0.2) is 24.4 Å². The van der Waals surface area contributed by atoms with Crippen LogP contribution >= 0.6 is 23.2 Å². The molecule has 1 spiro atoms. The number of hydrogen-bond acceptors (Lipinski definition) is 4. The maximum absolute atomic E-state index is 12.0. The molecule has 0 bridgehead atoms. The number of aliphatic hydroxyl groups excluding tert-OH is 1. The van der Waals surface area contributed by atoms with Gasteiger partial charge in [-0.05, 0) is 66.0 Å². The third kappa shape index (κ3) is 3.28. The highest BCUT2D eigenvalue weighted by molar-refractivity contribution is 6.45. The number of carbonyl (C=O) groups excluding carboxylic acids is 1. The molecule has 1 aliphatic carbocycles. The molecule has 2 aromatic heterocycles. The molecule has 1 saturated heterocycles. The number of carbonyl (C=O) groups is 1. The number of likely N-dealkylation sites (tertiary alicyclic amines) is 1. The average molecular weight is 455 g/mol. The lowest BCUT2D eigenvalue weighted by Crippen LogP contribution is -2.36. The summed E-state index contributed by atoms with van der Waals surface area (Å²) in [5, 5.41) is 20.5. The predicted octanol–water partition coefficient (Wildman–Crippen LogP) is 4.11. The molecule has 5 rings (SSSR count). The van der Waals surface area contributed by atoms with Gasteiger partial charge in [0.1, 0.15) is 18.4 Å². The summed E-state index contributed by atoms with van der Waals surface area (Å²) in [6.07, 6.45) is 5.18. The van der Waals surface area contributed by atoms with Gasteiger partial charge in [-0.15, -0.1) is 0 Å². The molecular weight excluding hydrogens is 435 g/mol. The number of fused-ring (bicyclic) bond motifs is 3. The number of benzene rings is 1. The number of nitrogens with zero attached hydrogens (tertiary/aromatic N) is 3. The van der Waals surface area contributed by atoms with Crippen molar-refractivity contribution in [1.29, 1.82) is 5.26 Å². The zero-order valence-electron chi connectivity index (χ0n) is 16.7. The van der Waals surface area contributed by atoms with Crippen molar-refractivity contribution in [2.45, 2.75) is 25.7 Å². The molecule has 1 aromatic carbocycles. The zero-order chi connectivity index (χ0) is 21.8. The molecule has 1 unspecified atom stereocenters.